The Balaban J connectivity index is 2.11. The van der Waals surface area contributed by atoms with Gasteiger partial charge in [-0.05, 0) is 23.6 Å². The predicted molar refractivity (Wildman–Crippen MR) is 80.3 cm³/mol. The zero-order valence-corrected chi connectivity index (χ0v) is 12.2. The second-order valence-corrected chi connectivity index (χ2v) is 6.02. The number of thiophene rings is 1. The van der Waals surface area contributed by atoms with Crippen molar-refractivity contribution >= 4 is 39.3 Å². The summed E-state index contributed by atoms with van der Waals surface area (Å²) in [7, 11) is 1.61. The Bertz CT molecular complexity index is 776. The van der Waals surface area contributed by atoms with E-state index in [-0.39, 0.29) is 5.69 Å². The molecule has 0 fully saturated rings. The van der Waals surface area contributed by atoms with Crippen LogP contribution >= 0.6 is 23.1 Å². The maximum atomic E-state index is 11.4. The zero-order valence-electron chi connectivity index (χ0n) is 10.5. The maximum Gasteiger partial charge on any atom is 0.353 e. The molecule has 20 heavy (non-hydrogen) atoms. The van der Waals surface area contributed by atoms with Crippen LogP contribution in [0.5, 0.6) is 5.75 Å². The number of methoxy groups -OCH3 is 1. The monoisotopic (exact) mass is 305 g/mol. The minimum absolute atomic E-state index is 0.225. The van der Waals surface area contributed by atoms with E-state index in [1.165, 1.54) is 23.1 Å². The second-order valence-electron chi connectivity index (χ2n) is 4.05. The van der Waals surface area contributed by atoms with Crippen molar-refractivity contribution in [3.8, 4) is 5.75 Å². The summed E-state index contributed by atoms with van der Waals surface area (Å²) >= 11 is 2.90. The van der Waals surface area contributed by atoms with E-state index in [9.17, 15) is 9.90 Å². The number of carboxylic acid groups (broad SMARTS) is 1. The van der Waals surface area contributed by atoms with Crippen LogP contribution in [0.2, 0.25) is 0 Å². The topological polar surface area (TPSA) is 62.3 Å². The average molecular weight is 305 g/mol. The summed E-state index contributed by atoms with van der Waals surface area (Å²) in [5, 5.41) is 12.2. The summed E-state index contributed by atoms with van der Waals surface area (Å²) in [6.45, 7) is 0. The minimum Gasteiger partial charge on any atom is -0.496 e. The quantitative estimate of drug-likeness (QED) is 0.762. The van der Waals surface area contributed by atoms with Gasteiger partial charge < -0.3 is 14.8 Å². The molecular weight excluding hydrogens is 294 g/mol. The summed E-state index contributed by atoms with van der Waals surface area (Å²) in [4.78, 5) is 16.8. The molecule has 6 heteroatoms. The largest absolute Gasteiger partial charge is 0.496 e. The molecule has 0 spiro atoms. The Morgan fingerprint density at radius 1 is 1.35 bits per heavy atom. The molecule has 0 aliphatic carbocycles. The molecule has 0 bridgehead atoms. The number of carbonyl (C=O) groups is 1. The number of rotatable bonds is 4. The molecule has 102 valence electrons. The van der Waals surface area contributed by atoms with E-state index >= 15 is 0 Å². The number of aromatic amines is 1. The highest BCUT2D eigenvalue weighted by molar-refractivity contribution is 7.99. The van der Waals surface area contributed by atoms with Crippen molar-refractivity contribution in [2.75, 3.05) is 7.11 Å². The highest BCUT2D eigenvalue weighted by atomic mass is 32.2. The first-order chi connectivity index (χ1) is 9.70. The number of H-pyrrole nitrogens is 1. The lowest BCUT2D eigenvalue weighted by molar-refractivity contribution is 0.0688. The Labute approximate surface area is 123 Å². The Kier molecular flexibility index (Phi) is 3.42. The first-order valence-corrected chi connectivity index (χ1v) is 7.53. The van der Waals surface area contributed by atoms with Crippen LogP contribution < -0.4 is 4.74 Å². The number of aromatic nitrogens is 1. The number of carboxylic acids is 1. The van der Waals surface area contributed by atoms with Crippen LogP contribution in [-0.4, -0.2) is 23.2 Å². The van der Waals surface area contributed by atoms with E-state index < -0.39 is 5.97 Å². The van der Waals surface area contributed by atoms with E-state index in [0.29, 0.717) is 0 Å². The average Bonchev–Trinajstić information content (AvgIpc) is 3.02. The molecule has 0 saturated heterocycles. The molecule has 0 saturated carbocycles. The number of fused-ring (bicyclic) bond motifs is 1. The van der Waals surface area contributed by atoms with Gasteiger partial charge in [-0.25, -0.2) is 4.79 Å². The SMILES string of the molecule is COc1ccccc1Sc1c(C(=O)O)[nH]c2sccc12. The standard InChI is InChI=1S/C14H11NO3S2/c1-18-9-4-2-3-5-10(9)20-12-8-6-7-19-13(8)15-11(12)14(16)17/h2-7,15H,1H3,(H,16,17). The maximum absolute atomic E-state index is 11.4. The second kappa shape index (κ2) is 5.22. The fourth-order valence-corrected chi connectivity index (χ4v) is 3.96. The van der Waals surface area contributed by atoms with Crippen molar-refractivity contribution in [2.24, 2.45) is 0 Å². The number of aromatic carboxylic acids is 1. The molecule has 0 radical (unpaired) electrons. The Hall–Kier alpha value is -1.92. The highest BCUT2D eigenvalue weighted by Gasteiger charge is 2.19. The van der Waals surface area contributed by atoms with Gasteiger partial charge in [-0.1, -0.05) is 23.9 Å². The number of benzene rings is 1. The fourth-order valence-electron chi connectivity index (χ4n) is 1.96. The van der Waals surface area contributed by atoms with Crippen LogP contribution in [0.4, 0.5) is 0 Å². The molecule has 1 aromatic carbocycles. The molecule has 0 atom stereocenters. The van der Waals surface area contributed by atoms with Crippen LogP contribution in [0.3, 0.4) is 0 Å². The van der Waals surface area contributed by atoms with Gasteiger partial charge in [-0.3, -0.25) is 0 Å². The smallest absolute Gasteiger partial charge is 0.353 e. The molecule has 0 amide bonds. The van der Waals surface area contributed by atoms with Gasteiger partial charge in [0.05, 0.1) is 16.9 Å². The first kappa shape index (κ1) is 13.1. The van der Waals surface area contributed by atoms with E-state index in [0.717, 1.165) is 25.8 Å². The predicted octanol–water partition coefficient (Wildman–Crippen LogP) is 4.09. The normalized spacial score (nSPS) is 10.8. The highest BCUT2D eigenvalue weighted by Crippen LogP contribution is 2.41. The lowest BCUT2D eigenvalue weighted by Crippen LogP contribution is -1.98. The van der Waals surface area contributed by atoms with E-state index in [4.69, 9.17) is 4.74 Å². The van der Waals surface area contributed by atoms with Gasteiger partial charge in [-0.15, -0.1) is 11.3 Å². The van der Waals surface area contributed by atoms with Gasteiger partial charge in [0.1, 0.15) is 16.3 Å². The summed E-state index contributed by atoms with van der Waals surface area (Å²) in [5.41, 5.74) is 0.225. The number of ether oxygens (including phenoxy) is 1. The first-order valence-electron chi connectivity index (χ1n) is 5.84. The summed E-state index contributed by atoms with van der Waals surface area (Å²) in [6.07, 6.45) is 0. The summed E-state index contributed by atoms with van der Waals surface area (Å²) < 4.78 is 5.31. The van der Waals surface area contributed by atoms with Gasteiger partial charge in [0.15, 0.2) is 0 Å². The van der Waals surface area contributed by atoms with E-state index in [1.54, 1.807) is 7.11 Å². The van der Waals surface area contributed by atoms with Crippen molar-refractivity contribution in [1.82, 2.24) is 4.98 Å². The van der Waals surface area contributed by atoms with E-state index in [1.807, 2.05) is 35.7 Å². The number of nitrogens with one attached hydrogen (secondary N) is 1. The molecule has 4 nitrogen and oxygen atoms in total. The molecule has 0 aliphatic rings. The van der Waals surface area contributed by atoms with Gasteiger partial charge >= 0.3 is 5.97 Å². The van der Waals surface area contributed by atoms with Crippen molar-refractivity contribution in [3.63, 3.8) is 0 Å². The third kappa shape index (κ3) is 2.17. The third-order valence-corrected chi connectivity index (χ3v) is 4.89. The van der Waals surface area contributed by atoms with Crippen molar-refractivity contribution in [2.45, 2.75) is 9.79 Å². The minimum atomic E-state index is -0.953. The zero-order chi connectivity index (χ0) is 14.1. The molecule has 0 unspecified atom stereocenters. The molecule has 2 aromatic heterocycles. The molecule has 0 aliphatic heterocycles. The van der Waals surface area contributed by atoms with Gasteiger partial charge in [0.25, 0.3) is 0 Å². The lowest BCUT2D eigenvalue weighted by Gasteiger charge is -2.07. The van der Waals surface area contributed by atoms with Crippen molar-refractivity contribution in [1.29, 1.82) is 0 Å². The Morgan fingerprint density at radius 3 is 2.90 bits per heavy atom. The van der Waals surface area contributed by atoms with E-state index in [2.05, 4.69) is 4.98 Å². The number of para-hydroxylation sites is 1. The van der Waals surface area contributed by atoms with Crippen LogP contribution in [0, 0.1) is 0 Å². The fraction of sp³-hybridized carbons (Fsp3) is 0.0714. The molecule has 3 aromatic rings. The van der Waals surface area contributed by atoms with Crippen molar-refractivity contribution < 1.29 is 14.6 Å². The molecule has 2 N–H and O–H groups in total. The molecule has 3 rings (SSSR count). The molecular formula is C14H11NO3S2. The van der Waals surface area contributed by atoms with Crippen LogP contribution in [0.15, 0.2) is 45.5 Å². The summed E-state index contributed by atoms with van der Waals surface area (Å²) in [5.74, 6) is -0.218. The van der Waals surface area contributed by atoms with Gasteiger partial charge in [0.2, 0.25) is 0 Å². The van der Waals surface area contributed by atoms with Gasteiger partial charge in [-0.2, -0.15) is 0 Å². The van der Waals surface area contributed by atoms with Gasteiger partial charge in [0, 0.05) is 5.39 Å². The van der Waals surface area contributed by atoms with Crippen LogP contribution in [0.25, 0.3) is 10.2 Å². The third-order valence-electron chi connectivity index (χ3n) is 2.87. The van der Waals surface area contributed by atoms with Crippen LogP contribution in [0.1, 0.15) is 10.5 Å². The number of hydrogen-bond acceptors (Lipinski definition) is 4. The molecule has 2 heterocycles. The number of hydrogen-bond donors (Lipinski definition) is 2. The van der Waals surface area contributed by atoms with Crippen LogP contribution in [-0.2, 0) is 0 Å². The lowest BCUT2D eigenvalue weighted by atomic mass is 10.3. The summed E-state index contributed by atoms with van der Waals surface area (Å²) in [6, 6.07) is 9.50. The Morgan fingerprint density at radius 2 is 2.15 bits per heavy atom. The van der Waals surface area contributed by atoms with Crippen molar-refractivity contribution in [3.05, 3.63) is 41.4 Å².